The third kappa shape index (κ3) is 8.13. The number of carbonyl (C=O) groups is 4. The maximum atomic E-state index is 12.1. The molecule has 3 unspecified atom stereocenters. The number of aliphatic hydroxyl groups excluding tert-OH is 1. The smallest absolute Gasteiger partial charge is 0.325 e. The van der Waals surface area contributed by atoms with Crippen molar-refractivity contribution in [1.29, 1.82) is 0 Å². The van der Waals surface area contributed by atoms with Gasteiger partial charge < -0.3 is 31.9 Å². The molecule has 10 nitrogen and oxygen atoms in total. The number of carboxylic acids is 1. The lowest BCUT2D eigenvalue weighted by molar-refractivity contribution is -0.141. The number of thioether (sulfide) groups is 1. The van der Waals surface area contributed by atoms with E-state index in [1.54, 1.807) is 0 Å². The molecule has 3 atom stereocenters. The molecular weight excluding hydrogens is 340 g/mol. The number of carboxylic acid groups (broad SMARTS) is 1. The summed E-state index contributed by atoms with van der Waals surface area (Å²) in [5, 5.41) is 24.9. The van der Waals surface area contributed by atoms with E-state index in [2.05, 4.69) is 16.0 Å². The van der Waals surface area contributed by atoms with Crippen molar-refractivity contribution in [3.8, 4) is 0 Å². The number of nitrogens with two attached hydrogens (primary N) is 1. The fourth-order valence-electron chi connectivity index (χ4n) is 1.60. The van der Waals surface area contributed by atoms with E-state index in [1.807, 2.05) is 6.26 Å². The molecule has 0 rings (SSSR count). The Balaban J connectivity index is 4.91. The molecule has 0 heterocycles. The lowest BCUT2D eigenvalue weighted by Gasteiger charge is -2.22. The molecule has 0 bridgehead atoms. The van der Waals surface area contributed by atoms with Gasteiger partial charge in [-0.3, -0.25) is 19.2 Å². The van der Waals surface area contributed by atoms with Gasteiger partial charge in [-0.1, -0.05) is 0 Å². The molecule has 138 valence electrons. The second-order valence-electron chi connectivity index (χ2n) is 4.92. The Bertz CT molecular complexity index is 462. The van der Waals surface area contributed by atoms with Gasteiger partial charge in [-0.15, -0.1) is 0 Å². The molecule has 11 heteroatoms. The van der Waals surface area contributed by atoms with Crippen LogP contribution in [0.4, 0.5) is 0 Å². The van der Waals surface area contributed by atoms with Crippen LogP contribution in [-0.2, 0) is 19.2 Å². The zero-order valence-corrected chi connectivity index (χ0v) is 14.4. The van der Waals surface area contributed by atoms with Crippen molar-refractivity contribution in [2.45, 2.75) is 31.5 Å². The van der Waals surface area contributed by atoms with Crippen molar-refractivity contribution < 1.29 is 29.4 Å². The Morgan fingerprint density at radius 1 is 1.08 bits per heavy atom. The minimum Gasteiger partial charge on any atom is -0.480 e. The van der Waals surface area contributed by atoms with Crippen molar-refractivity contribution >= 4 is 35.5 Å². The van der Waals surface area contributed by atoms with Crippen molar-refractivity contribution in [2.24, 2.45) is 5.73 Å². The van der Waals surface area contributed by atoms with E-state index >= 15 is 0 Å². The van der Waals surface area contributed by atoms with E-state index in [-0.39, 0.29) is 13.0 Å². The average Bonchev–Trinajstić information content (AvgIpc) is 2.55. The molecule has 0 aromatic heterocycles. The van der Waals surface area contributed by atoms with Crippen LogP contribution in [0.2, 0.25) is 0 Å². The van der Waals surface area contributed by atoms with E-state index in [1.165, 1.54) is 18.7 Å². The number of hydrogen-bond donors (Lipinski definition) is 6. The summed E-state index contributed by atoms with van der Waals surface area (Å²) in [5.74, 6) is -2.72. The Hall–Kier alpha value is -1.85. The number of amides is 3. The van der Waals surface area contributed by atoms with Crippen molar-refractivity contribution in [2.75, 3.05) is 25.2 Å². The van der Waals surface area contributed by atoms with Gasteiger partial charge in [-0.25, -0.2) is 0 Å². The maximum Gasteiger partial charge on any atom is 0.325 e. The summed E-state index contributed by atoms with van der Waals surface area (Å²) in [6, 6.07) is -3.35. The topological polar surface area (TPSA) is 171 Å². The van der Waals surface area contributed by atoms with E-state index in [9.17, 15) is 24.3 Å². The van der Waals surface area contributed by atoms with Crippen molar-refractivity contribution in [3.05, 3.63) is 0 Å². The molecule has 0 spiro atoms. The highest BCUT2D eigenvalue weighted by Gasteiger charge is 2.27. The molecule has 0 aromatic carbocycles. The molecule has 24 heavy (non-hydrogen) atoms. The molecule has 0 aromatic rings. The second kappa shape index (κ2) is 11.6. The Kier molecular flexibility index (Phi) is 10.8. The first kappa shape index (κ1) is 22.1. The third-order valence-corrected chi connectivity index (χ3v) is 3.64. The summed E-state index contributed by atoms with van der Waals surface area (Å²) >= 11 is 1.44. The summed E-state index contributed by atoms with van der Waals surface area (Å²) < 4.78 is 0. The molecule has 0 fully saturated rings. The van der Waals surface area contributed by atoms with E-state index in [0.29, 0.717) is 5.75 Å². The molecular formula is C13H24N4O6S. The van der Waals surface area contributed by atoms with Gasteiger partial charge in [0.2, 0.25) is 17.7 Å². The lowest BCUT2D eigenvalue weighted by atomic mass is 10.1. The first-order valence-corrected chi connectivity index (χ1v) is 8.58. The van der Waals surface area contributed by atoms with Crippen LogP contribution >= 0.6 is 11.8 Å². The summed E-state index contributed by atoms with van der Waals surface area (Å²) in [5.41, 5.74) is 5.13. The highest BCUT2D eigenvalue weighted by Crippen LogP contribution is 2.02. The van der Waals surface area contributed by atoms with Gasteiger partial charge in [0.1, 0.15) is 18.1 Å². The first-order chi connectivity index (χ1) is 11.3. The van der Waals surface area contributed by atoms with Crippen molar-refractivity contribution in [1.82, 2.24) is 16.0 Å². The van der Waals surface area contributed by atoms with Gasteiger partial charge in [-0.05, 0) is 25.4 Å². The largest absolute Gasteiger partial charge is 0.480 e. The molecule has 0 aliphatic heterocycles. The van der Waals surface area contributed by atoms with Crippen LogP contribution in [0, 0.1) is 0 Å². The number of aliphatic carboxylic acids is 1. The summed E-state index contributed by atoms with van der Waals surface area (Å²) in [6.07, 6.45) is 2.07. The van der Waals surface area contributed by atoms with Gasteiger partial charge >= 0.3 is 5.97 Å². The Labute approximate surface area is 143 Å². The number of carbonyl (C=O) groups excluding carboxylic acids is 3. The summed E-state index contributed by atoms with van der Waals surface area (Å²) in [4.78, 5) is 46.2. The van der Waals surface area contributed by atoms with Crippen LogP contribution in [0.5, 0.6) is 0 Å². The average molecular weight is 364 g/mol. The SMILES string of the molecule is CSCCC(NC(=O)C(CO)NC(=O)CN)C(=O)NC(C)C(=O)O. The molecule has 0 radical (unpaired) electrons. The first-order valence-electron chi connectivity index (χ1n) is 7.19. The molecule has 0 aliphatic rings. The highest BCUT2D eigenvalue weighted by molar-refractivity contribution is 7.98. The maximum absolute atomic E-state index is 12.1. The quantitative estimate of drug-likeness (QED) is 0.229. The Morgan fingerprint density at radius 2 is 1.67 bits per heavy atom. The zero-order chi connectivity index (χ0) is 18.7. The zero-order valence-electron chi connectivity index (χ0n) is 13.6. The lowest BCUT2D eigenvalue weighted by Crippen LogP contribution is -2.56. The minimum atomic E-state index is -1.25. The van der Waals surface area contributed by atoms with Gasteiger partial charge in [0, 0.05) is 0 Å². The van der Waals surface area contributed by atoms with Gasteiger partial charge in [-0.2, -0.15) is 11.8 Å². The van der Waals surface area contributed by atoms with Crippen molar-refractivity contribution in [3.63, 3.8) is 0 Å². The number of nitrogens with one attached hydrogen (secondary N) is 3. The van der Waals surface area contributed by atoms with E-state index in [0.717, 1.165) is 0 Å². The van der Waals surface area contributed by atoms with Crippen LogP contribution in [0.1, 0.15) is 13.3 Å². The molecule has 3 amide bonds. The van der Waals surface area contributed by atoms with Crippen LogP contribution in [-0.4, -0.2) is 77.2 Å². The van der Waals surface area contributed by atoms with Gasteiger partial charge in [0.25, 0.3) is 0 Å². The molecule has 7 N–H and O–H groups in total. The fraction of sp³-hybridized carbons (Fsp3) is 0.692. The number of aliphatic hydroxyl groups is 1. The van der Waals surface area contributed by atoms with Crippen LogP contribution in [0.3, 0.4) is 0 Å². The molecule has 0 saturated carbocycles. The van der Waals surface area contributed by atoms with Crippen LogP contribution < -0.4 is 21.7 Å². The molecule has 0 saturated heterocycles. The highest BCUT2D eigenvalue weighted by atomic mass is 32.2. The fourth-order valence-corrected chi connectivity index (χ4v) is 2.07. The monoisotopic (exact) mass is 364 g/mol. The predicted octanol–water partition coefficient (Wildman–Crippen LogP) is -2.75. The van der Waals surface area contributed by atoms with E-state index in [4.69, 9.17) is 10.8 Å². The minimum absolute atomic E-state index is 0.258. The number of hydrogen-bond acceptors (Lipinski definition) is 7. The predicted molar refractivity (Wildman–Crippen MR) is 88.2 cm³/mol. The Morgan fingerprint density at radius 3 is 2.12 bits per heavy atom. The second-order valence-corrected chi connectivity index (χ2v) is 5.90. The summed E-state index contributed by atoms with van der Waals surface area (Å²) in [6.45, 7) is 0.280. The van der Waals surface area contributed by atoms with Gasteiger partial charge in [0.05, 0.1) is 13.2 Å². The standard InChI is InChI=1S/C13H24N4O6S/c1-7(13(22)23)15-11(20)8(3-4-24-2)17-12(21)9(6-18)16-10(19)5-14/h7-9,18H,3-6,14H2,1-2H3,(H,15,20)(H,16,19)(H,17,21)(H,22,23). The summed E-state index contributed by atoms with van der Waals surface area (Å²) in [7, 11) is 0. The normalized spacial score (nSPS) is 14.2. The third-order valence-electron chi connectivity index (χ3n) is 2.99. The van der Waals surface area contributed by atoms with E-state index < -0.39 is 48.4 Å². The van der Waals surface area contributed by atoms with Crippen LogP contribution in [0.15, 0.2) is 0 Å². The number of rotatable bonds is 11. The molecule has 0 aliphatic carbocycles. The van der Waals surface area contributed by atoms with Crippen LogP contribution in [0.25, 0.3) is 0 Å². The van der Waals surface area contributed by atoms with Gasteiger partial charge in [0.15, 0.2) is 0 Å².